The highest BCUT2D eigenvalue weighted by Gasteiger charge is 2.05. The zero-order chi connectivity index (χ0) is 7.56. The van der Waals surface area contributed by atoms with Gasteiger partial charge in [0, 0.05) is 0 Å². The van der Waals surface area contributed by atoms with Crippen molar-refractivity contribution in [3.05, 3.63) is 21.9 Å². The molecule has 0 radical (unpaired) electrons. The largest absolute Gasteiger partial charge is 0.330 e. The third-order valence-electron chi connectivity index (χ3n) is 1.78. The van der Waals surface area contributed by atoms with Crippen molar-refractivity contribution >= 4 is 11.3 Å². The maximum atomic E-state index is 5.54. The molecule has 56 valence electrons. The average Bonchev–Trinajstić information content (AvgIpc) is 2.34. The summed E-state index contributed by atoms with van der Waals surface area (Å²) in [6.45, 7) is 5.05. The molecule has 0 saturated carbocycles. The minimum atomic E-state index is 0.520. The summed E-state index contributed by atoms with van der Waals surface area (Å²) in [5.41, 5.74) is 8.32. The van der Waals surface area contributed by atoms with Gasteiger partial charge in [-0.2, -0.15) is 11.3 Å². The highest BCUT2D eigenvalue weighted by molar-refractivity contribution is 7.08. The number of hydrogen-bond acceptors (Lipinski definition) is 2. The van der Waals surface area contributed by atoms with Crippen LogP contribution in [0.1, 0.15) is 24.0 Å². The zero-order valence-corrected chi connectivity index (χ0v) is 7.24. The lowest BCUT2D eigenvalue weighted by molar-refractivity contribution is 0.772. The monoisotopic (exact) mass is 155 g/mol. The molecule has 1 unspecified atom stereocenters. The van der Waals surface area contributed by atoms with Crippen LogP contribution in [-0.2, 0) is 0 Å². The summed E-state index contributed by atoms with van der Waals surface area (Å²) in [4.78, 5) is 0. The van der Waals surface area contributed by atoms with Crippen molar-refractivity contribution < 1.29 is 0 Å². The van der Waals surface area contributed by atoms with Crippen molar-refractivity contribution in [2.45, 2.75) is 19.8 Å². The molecule has 0 bridgehead atoms. The van der Waals surface area contributed by atoms with Gasteiger partial charge in [-0.05, 0) is 41.3 Å². The van der Waals surface area contributed by atoms with Crippen molar-refractivity contribution in [2.24, 2.45) is 5.73 Å². The van der Waals surface area contributed by atoms with Crippen molar-refractivity contribution in [3.8, 4) is 0 Å². The van der Waals surface area contributed by atoms with Crippen LogP contribution in [0.5, 0.6) is 0 Å². The van der Waals surface area contributed by atoms with Crippen LogP contribution in [-0.4, -0.2) is 6.54 Å². The van der Waals surface area contributed by atoms with E-state index in [2.05, 4.69) is 24.6 Å². The molecule has 1 heterocycles. The van der Waals surface area contributed by atoms with Crippen LogP contribution in [0.25, 0.3) is 0 Å². The van der Waals surface area contributed by atoms with E-state index in [4.69, 9.17) is 5.73 Å². The summed E-state index contributed by atoms with van der Waals surface area (Å²) in [6.07, 6.45) is 0. The molecular weight excluding hydrogens is 142 g/mol. The molecule has 2 N–H and O–H groups in total. The topological polar surface area (TPSA) is 26.0 Å². The van der Waals surface area contributed by atoms with Gasteiger partial charge in [0.1, 0.15) is 0 Å². The van der Waals surface area contributed by atoms with Gasteiger partial charge in [-0.15, -0.1) is 0 Å². The molecule has 1 rings (SSSR count). The molecule has 1 aromatic heterocycles. The molecule has 0 aliphatic rings. The van der Waals surface area contributed by atoms with Gasteiger partial charge in [0.05, 0.1) is 0 Å². The van der Waals surface area contributed by atoms with E-state index in [1.807, 2.05) is 0 Å². The second kappa shape index (κ2) is 3.17. The predicted octanol–water partition coefficient (Wildman–Crippen LogP) is 2.12. The lowest BCUT2D eigenvalue weighted by Crippen LogP contribution is -2.08. The van der Waals surface area contributed by atoms with Crippen LogP contribution in [0.2, 0.25) is 0 Å². The smallest absolute Gasteiger partial charge is 0.00105 e. The Labute approximate surface area is 65.9 Å². The Morgan fingerprint density at radius 2 is 2.30 bits per heavy atom. The van der Waals surface area contributed by atoms with Crippen molar-refractivity contribution in [3.63, 3.8) is 0 Å². The molecule has 0 aliphatic carbocycles. The van der Waals surface area contributed by atoms with E-state index in [1.165, 1.54) is 11.1 Å². The highest BCUT2D eigenvalue weighted by atomic mass is 32.1. The Morgan fingerprint density at radius 1 is 1.60 bits per heavy atom. The quantitative estimate of drug-likeness (QED) is 0.695. The van der Waals surface area contributed by atoms with E-state index < -0.39 is 0 Å². The van der Waals surface area contributed by atoms with Gasteiger partial charge in [0.15, 0.2) is 0 Å². The van der Waals surface area contributed by atoms with E-state index >= 15 is 0 Å². The van der Waals surface area contributed by atoms with E-state index in [0.29, 0.717) is 5.92 Å². The first-order valence-electron chi connectivity index (χ1n) is 3.48. The molecule has 0 aliphatic heterocycles. The molecule has 1 nitrogen and oxygen atoms in total. The highest BCUT2D eigenvalue weighted by Crippen LogP contribution is 2.21. The number of nitrogens with two attached hydrogens (primary N) is 1. The second-order valence-corrected chi connectivity index (χ2v) is 3.39. The number of rotatable bonds is 2. The molecule has 1 aromatic rings. The summed E-state index contributed by atoms with van der Waals surface area (Å²) in [5, 5.41) is 4.36. The first kappa shape index (κ1) is 7.76. The van der Waals surface area contributed by atoms with E-state index in [-0.39, 0.29) is 0 Å². The predicted molar refractivity (Wildman–Crippen MR) is 46.5 cm³/mol. The molecule has 1 atom stereocenters. The van der Waals surface area contributed by atoms with Crippen molar-refractivity contribution in [1.82, 2.24) is 0 Å². The molecule has 0 aromatic carbocycles. The minimum absolute atomic E-state index is 0.520. The van der Waals surface area contributed by atoms with Crippen LogP contribution in [0.4, 0.5) is 0 Å². The van der Waals surface area contributed by atoms with Gasteiger partial charge in [-0.3, -0.25) is 0 Å². The van der Waals surface area contributed by atoms with Crippen molar-refractivity contribution in [2.75, 3.05) is 6.54 Å². The Hall–Kier alpha value is -0.340. The van der Waals surface area contributed by atoms with Gasteiger partial charge in [0.25, 0.3) is 0 Å². The lowest BCUT2D eigenvalue weighted by atomic mass is 10.0. The summed E-state index contributed by atoms with van der Waals surface area (Å²) < 4.78 is 0. The number of hydrogen-bond donors (Lipinski definition) is 1. The molecule has 0 spiro atoms. The first-order chi connectivity index (χ1) is 4.75. The third kappa shape index (κ3) is 1.39. The molecule has 0 fully saturated rings. The summed E-state index contributed by atoms with van der Waals surface area (Å²) in [7, 11) is 0. The maximum Gasteiger partial charge on any atom is -0.00105 e. The SMILES string of the molecule is Cc1cscc1C(C)CN. The molecule has 0 saturated heterocycles. The van der Waals surface area contributed by atoms with Gasteiger partial charge in [0.2, 0.25) is 0 Å². The standard InChI is InChI=1S/C8H13NS/c1-6(3-9)8-5-10-4-7(8)2/h4-6H,3,9H2,1-2H3. The fraction of sp³-hybridized carbons (Fsp3) is 0.500. The lowest BCUT2D eigenvalue weighted by Gasteiger charge is -2.06. The summed E-state index contributed by atoms with van der Waals surface area (Å²) >= 11 is 1.75. The molecule has 10 heavy (non-hydrogen) atoms. The van der Waals surface area contributed by atoms with E-state index in [0.717, 1.165) is 6.54 Å². The maximum absolute atomic E-state index is 5.54. The fourth-order valence-corrected chi connectivity index (χ4v) is 1.98. The summed E-state index contributed by atoms with van der Waals surface area (Å²) in [6, 6.07) is 0. The number of thiophene rings is 1. The fourth-order valence-electron chi connectivity index (χ4n) is 1.00. The van der Waals surface area contributed by atoms with Crippen LogP contribution in [0.15, 0.2) is 10.8 Å². The van der Waals surface area contributed by atoms with Gasteiger partial charge < -0.3 is 5.73 Å². The van der Waals surface area contributed by atoms with Crippen LogP contribution in [0.3, 0.4) is 0 Å². The molecular formula is C8H13NS. The second-order valence-electron chi connectivity index (χ2n) is 2.65. The van der Waals surface area contributed by atoms with E-state index in [9.17, 15) is 0 Å². The first-order valence-corrected chi connectivity index (χ1v) is 4.42. The van der Waals surface area contributed by atoms with E-state index in [1.54, 1.807) is 11.3 Å². The Morgan fingerprint density at radius 3 is 2.70 bits per heavy atom. The number of aryl methyl sites for hydroxylation is 1. The molecule has 0 amide bonds. The van der Waals surface area contributed by atoms with Crippen LogP contribution in [0, 0.1) is 6.92 Å². The molecule has 2 heteroatoms. The minimum Gasteiger partial charge on any atom is -0.330 e. The van der Waals surface area contributed by atoms with Gasteiger partial charge in [-0.1, -0.05) is 6.92 Å². The zero-order valence-electron chi connectivity index (χ0n) is 6.42. The van der Waals surface area contributed by atoms with Gasteiger partial charge >= 0.3 is 0 Å². The van der Waals surface area contributed by atoms with Crippen molar-refractivity contribution in [1.29, 1.82) is 0 Å². The van der Waals surface area contributed by atoms with Gasteiger partial charge in [-0.25, -0.2) is 0 Å². The Bertz CT molecular complexity index is 205. The third-order valence-corrected chi connectivity index (χ3v) is 2.66. The van der Waals surface area contributed by atoms with Crippen LogP contribution >= 0.6 is 11.3 Å². The van der Waals surface area contributed by atoms with Crippen LogP contribution < -0.4 is 5.73 Å². The average molecular weight is 155 g/mol. The Balaban J connectivity index is 2.82. The Kier molecular flexibility index (Phi) is 2.46. The normalized spacial score (nSPS) is 13.5. The summed E-state index contributed by atoms with van der Waals surface area (Å²) in [5.74, 6) is 0.520.